The number of morpholine rings is 2. The van der Waals surface area contributed by atoms with Crippen molar-refractivity contribution < 1.29 is 23.8 Å². The highest BCUT2D eigenvalue weighted by Gasteiger charge is 2.36. The molecule has 10 nitrogen and oxygen atoms in total. The first kappa shape index (κ1) is 28.5. The van der Waals surface area contributed by atoms with Gasteiger partial charge in [-0.25, -0.2) is 14.6 Å². The summed E-state index contributed by atoms with van der Waals surface area (Å²) in [4.78, 5) is 40.5. The van der Waals surface area contributed by atoms with Crippen molar-refractivity contribution >= 4 is 23.2 Å². The van der Waals surface area contributed by atoms with Gasteiger partial charge in [0.2, 0.25) is 0 Å². The van der Waals surface area contributed by atoms with Crippen molar-refractivity contribution in [2.45, 2.75) is 58.7 Å². The number of rotatable bonds is 3. The zero-order valence-electron chi connectivity index (χ0n) is 25.1. The van der Waals surface area contributed by atoms with Crippen LogP contribution in [0.5, 0.6) is 0 Å². The van der Waals surface area contributed by atoms with E-state index in [1.165, 1.54) is 11.1 Å². The number of nitrogens with one attached hydrogen (secondary N) is 1. The highest BCUT2D eigenvalue weighted by Crippen LogP contribution is 2.37. The normalized spacial score (nSPS) is 19.6. The molecule has 3 amide bonds. The molecule has 6 rings (SSSR count). The fourth-order valence-corrected chi connectivity index (χ4v) is 6.19. The fourth-order valence-electron chi connectivity index (χ4n) is 6.19. The lowest BCUT2D eigenvalue weighted by molar-refractivity contribution is -0.0334. The summed E-state index contributed by atoms with van der Waals surface area (Å²) < 4.78 is 17.3. The first-order chi connectivity index (χ1) is 20.2. The second-order valence-electron chi connectivity index (χ2n) is 12.3. The van der Waals surface area contributed by atoms with Crippen LogP contribution in [-0.4, -0.2) is 95.0 Å². The van der Waals surface area contributed by atoms with Crippen LogP contribution in [-0.2, 0) is 33.6 Å². The Hall–Kier alpha value is -3.63. The molecule has 2 fully saturated rings. The van der Waals surface area contributed by atoms with Crippen LogP contribution in [0.1, 0.15) is 56.0 Å². The molecule has 0 bridgehead atoms. The molecule has 3 aliphatic rings. The first-order valence-electron chi connectivity index (χ1n) is 15.0. The van der Waals surface area contributed by atoms with E-state index in [0.29, 0.717) is 59.2 Å². The van der Waals surface area contributed by atoms with Gasteiger partial charge in [0.1, 0.15) is 11.2 Å². The zero-order valence-corrected chi connectivity index (χ0v) is 25.1. The van der Waals surface area contributed by atoms with Crippen molar-refractivity contribution in [3.63, 3.8) is 0 Å². The third-order valence-electron chi connectivity index (χ3n) is 8.38. The van der Waals surface area contributed by atoms with Gasteiger partial charge in [0, 0.05) is 56.1 Å². The van der Waals surface area contributed by atoms with Crippen LogP contribution in [0.4, 0.5) is 9.59 Å². The molecule has 2 saturated heterocycles. The van der Waals surface area contributed by atoms with Crippen molar-refractivity contribution in [2.24, 2.45) is 0 Å². The summed E-state index contributed by atoms with van der Waals surface area (Å²) in [6.07, 6.45) is 5.22. The number of carbonyl (C=O) groups is 2. The minimum absolute atomic E-state index is 0.0390. The molecule has 0 spiro atoms. The number of benzene rings is 1. The lowest BCUT2D eigenvalue weighted by atomic mass is 9.87. The Morgan fingerprint density at radius 2 is 1.81 bits per heavy atom. The number of hydrogen-bond acceptors (Lipinski definition) is 6. The third kappa shape index (κ3) is 5.70. The standard InChI is InChI=1S/C32H41N5O5/c1-5-21-17-33-29-25(21)16-24(18-34-29)23-14-22-6-7-36(30(38)35-8-11-40-12-9-35)19-27(22)26(15-23)28-20-41-13-10-37(28)31(39)42-32(2,3)4/h14-18,28H,5-13,19-20H2,1-4H3,(H,33,34)/t28-/m0/s1. The van der Waals surface area contributed by atoms with Gasteiger partial charge < -0.3 is 29.0 Å². The fraction of sp³-hybridized carbons (Fsp3) is 0.531. The number of hydrogen-bond donors (Lipinski definition) is 1. The average molecular weight is 576 g/mol. The Morgan fingerprint density at radius 3 is 2.57 bits per heavy atom. The van der Waals surface area contributed by atoms with E-state index in [4.69, 9.17) is 19.2 Å². The summed E-state index contributed by atoms with van der Waals surface area (Å²) in [5.41, 5.74) is 6.83. The lowest BCUT2D eigenvalue weighted by Gasteiger charge is -2.40. The van der Waals surface area contributed by atoms with Crippen molar-refractivity contribution in [3.05, 3.63) is 52.8 Å². The molecular weight excluding hydrogens is 534 g/mol. The second-order valence-corrected chi connectivity index (χ2v) is 12.3. The summed E-state index contributed by atoms with van der Waals surface area (Å²) in [7, 11) is 0. The number of urea groups is 1. The number of ether oxygens (including phenoxy) is 3. The van der Waals surface area contributed by atoms with Crippen LogP contribution >= 0.6 is 0 Å². The van der Waals surface area contributed by atoms with E-state index in [2.05, 4.69) is 30.1 Å². The SMILES string of the molecule is CCc1c[nH]c2ncc(-c3cc4c(c([C@@H]5COCCN5C(=O)OC(C)(C)C)c3)CN(C(=O)N3CCOCC3)CC4)cc12. The number of carbonyl (C=O) groups excluding carboxylic acids is 2. The van der Waals surface area contributed by atoms with Crippen LogP contribution in [0.15, 0.2) is 30.6 Å². The third-order valence-corrected chi connectivity index (χ3v) is 8.38. The van der Waals surface area contributed by atoms with Gasteiger partial charge in [-0.3, -0.25) is 4.90 Å². The first-order valence-corrected chi connectivity index (χ1v) is 15.0. The Bertz CT molecular complexity index is 1470. The summed E-state index contributed by atoms with van der Waals surface area (Å²) in [6, 6.07) is 6.30. The molecule has 1 atom stereocenters. The summed E-state index contributed by atoms with van der Waals surface area (Å²) in [6.45, 7) is 12.5. The summed E-state index contributed by atoms with van der Waals surface area (Å²) >= 11 is 0. The number of fused-ring (bicyclic) bond motifs is 2. The van der Waals surface area contributed by atoms with Crippen LogP contribution in [0.3, 0.4) is 0 Å². The minimum Gasteiger partial charge on any atom is -0.444 e. The maximum atomic E-state index is 13.5. The van der Waals surface area contributed by atoms with E-state index in [1.807, 2.05) is 43.0 Å². The Balaban J connectivity index is 1.42. The highest BCUT2D eigenvalue weighted by molar-refractivity contribution is 5.85. The molecule has 1 N–H and O–H groups in total. The molecule has 224 valence electrons. The van der Waals surface area contributed by atoms with Gasteiger partial charge in [-0.05, 0) is 73.6 Å². The quantitative estimate of drug-likeness (QED) is 0.476. The van der Waals surface area contributed by atoms with Crippen molar-refractivity contribution in [1.82, 2.24) is 24.7 Å². The maximum absolute atomic E-state index is 13.5. The largest absolute Gasteiger partial charge is 0.444 e. The number of aromatic amines is 1. The summed E-state index contributed by atoms with van der Waals surface area (Å²) in [5, 5.41) is 1.12. The van der Waals surface area contributed by atoms with Crippen LogP contribution in [0.25, 0.3) is 22.2 Å². The maximum Gasteiger partial charge on any atom is 0.410 e. The second kappa shape index (κ2) is 11.6. The van der Waals surface area contributed by atoms with Gasteiger partial charge in [0.25, 0.3) is 0 Å². The van der Waals surface area contributed by atoms with Crippen LogP contribution in [0, 0.1) is 0 Å². The zero-order chi connectivity index (χ0) is 29.4. The molecule has 42 heavy (non-hydrogen) atoms. The van der Waals surface area contributed by atoms with Crippen molar-refractivity contribution in [2.75, 3.05) is 52.6 Å². The Labute approximate surface area is 246 Å². The molecular formula is C32H41N5O5. The van der Waals surface area contributed by atoms with E-state index in [1.54, 1.807) is 4.90 Å². The van der Waals surface area contributed by atoms with Crippen molar-refractivity contribution in [3.8, 4) is 11.1 Å². The van der Waals surface area contributed by atoms with Gasteiger partial charge in [-0.2, -0.15) is 0 Å². The summed E-state index contributed by atoms with van der Waals surface area (Å²) in [5.74, 6) is 0. The molecule has 5 heterocycles. The van der Waals surface area contributed by atoms with Crippen LogP contribution < -0.4 is 0 Å². The Kier molecular flexibility index (Phi) is 7.85. The monoisotopic (exact) mass is 575 g/mol. The number of H-pyrrole nitrogens is 1. The number of aromatic nitrogens is 2. The number of amides is 3. The molecule has 3 aliphatic heterocycles. The Morgan fingerprint density at radius 1 is 1.02 bits per heavy atom. The van der Waals surface area contributed by atoms with E-state index < -0.39 is 5.60 Å². The predicted molar refractivity (Wildman–Crippen MR) is 159 cm³/mol. The topological polar surface area (TPSA) is 100 Å². The number of aryl methyl sites for hydroxylation is 1. The molecule has 0 radical (unpaired) electrons. The molecule has 1 aromatic carbocycles. The van der Waals surface area contributed by atoms with E-state index in [9.17, 15) is 9.59 Å². The molecule has 0 aliphatic carbocycles. The van der Waals surface area contributed by atoms with E-state index in [0.717, 1.165) is 46.1 Å². The lowest BCUT2D eigenvalue weighted by Crippen LogP contribution is -2.50. The number of pyridine rings is 1. The molecule has 2 aromatic heterocycles. The highest BCUT2D eigenvalue weighted by atomic mass is 16.6. The van der Waals surface area contributed by atoms with Gasteiger partial charge in [0.05, 0.1) is 32.5 Å². The van der Waals surface area contributed by atoms with Gasteiger partial charge in [-0.1, -0.05) is 13.0 Å². The van der Waals surface area contributed by atoms with Crippen molar-refractivity contribution in [1.29, 1.82) is 0 Å². The molecule has 3 aromatic rings. The number of nitrogens with zero attached hydrogens (tertiary/aromatic N) is 4. The smallest absolute Gasteiger partial charge is 0.410 e. The van der Waals surface area contributed by atoms with Gasteiger partial charge >= 0.3 is 12.1 Å². The van der Waals surface area contributed by atoms with Crippen LogP contribution in [0.2, 0.25) is 0 Å². The van der Waals surface area contributed by atoms with E-state index >= 15 is 0 Å². The van der Waals surface area contributed by atoms with E-state index in [-0.39, 0.29) is 18.2 Å². The predicted octanol–water partition coefficient (Wildman–Crippen LogP) is 4.91. The molecule has 0 unspecified atom stereocenters. The molecule has 0 saturated carbocycles. The van der Waals surface area contributed by atoms with Gasteiger partial charge in [-0.15, -0.1) is 0 Å². The average Bonchev–Trinajstić information content (AvgIpc) is 3.42. The molecule has 10 heteroatoms. The van der Waals surface area contributed by atoms with Gasteiger partial charge in [0.15, 0.2) is 0 Å². The minimum atomic E-state index is -0.614.